The van der Waals surface area contributed by atoms with Crippen LogP contribution in [0.2, 0.25) is 0 Å². The molecule has 4 aromatic rings. The standard InChI is InChI=1S/C32H36F2N6O/c1-2-19-13-20(33)14-26-27(19)25(15-35-26)23-7-8-24-29(28(23)34)37-31(41-18-32-9-3-11-40(32)12-4-10-32)38-30(24)39-16-21-5-6-22(17-39)36-21/h7-8,13-15,21-22,35-36H,2-6,9-12,16-18H2,1H3. The lowest BCUT2D eigenvalue weighted by Crippen LogP contribution is -2.51. The number of hydrogen-bond acceptors (Lipinski definition) is 6. The van der Waals surface area contributed by atoms with Gasteiger partial charge in [-0.25, -0.2) is 8.78 Å². The largest absolute Gasteiger partial charge is 0.461 e. The van der Waals surface area contributed by atoms with Crippen molar-refractivity contribution in [2.45, 2.75) is 69.5 Å². The molecule has 4 saturated heterocycles. The van der Waals surface area contributed by atoms with Gasteiger partial charge in [0.25, 0.3) is 0 Å². The average Bonchev–Trinajstić information content (AvgIpc) is 3.75. The van der Waals surface area contributed by atoms with Gasteiger partial charge in [-0.15, -0.1) is 0 Å². The van der Waals surface area contributed by atoms with Crippen molar-refractivity contribution in [2.24, 2.45) is 0 Å². The molecule has 2 atom stereocenters. The SMILES string of the molecule is CCc1cc(F)cc2[nH]cc(-c3ccc4c(N5CC6CCC(C5)N6)nc(OCC56CCCN5CCC6)nc4c3F)c12. The van der Waals surface area contributed by atoms with E-state index in [1.165, 1.54) is 25.0 Å². The van der Waals surface area contributed by atoms with E-state index in [0.29, 0.717) is 47.1 Å². The van der Waals surface area contributed by atoms with Crippen molar-refractivity contribution >= 4 is 27.6 Å². The second kappa shape index (κ2) is 9.63. The average molecular weight is 559 g/mol. The van der Waals surface area contributed by atoms with E-state index in [-0.39, 0.29) is 22.9 Å². The third kappa shape index (κ3) is 4.11. The number of hydrogen-bond donors (Lipinski definition) is 2. The molecule has 2 unspecified atom stereocenters. The van der Waals surface area contributed by atoms with Crippen molar-refractivity contribution in [1.29, 1.82) is 0 Å². The Labute approximate surface area is 238 Å². The van der Waals surface area contributed by atoms with Crippen molar-refractivity contribution in [3.63, 3.8) is 0 Å². The molecular formula is C32H36F2N6O. The summed E-state index contributed by atoms with van der Waals surface area (Å²) in [7, 11) is 0. The first-order chi connectivity index (χ1) is 20.0. The molecule has 2 aromatic heterocycles. The molecule has 6 heterocycles. The highest BCUT2D eigenvalue weighted by Gasteiger charge is 2.45. The number of fused-ring (bicyclic) bond motifs is 5. The molecule has 4 aliphatic rings. The van der Waals surface area contributed by atoms with Crippen molar-refractivity contribution in [3.8, 4) is 17.1 Å². The summed E-state index contributed by atoms with van der Waals surface area (Å²) in [6.07, 6.45) is 9.31. The summed E-state index contributed by atoms with van der Waals surface area (Å²) >= 11 is 0. The summed E-state index contributed by atoms with van der Waals surface area (Å²) in [6.45, 7) is 6.40. The second-order valence-corrected chi connectivity index (χ2v) is 12.4. The number of aromatic nitrogens is 3. The van der Waals surface area contributed by atoms with Crippen LogP contribution in [0.25, 0.3) is 32.9 Å². The molecule has 2 N–H and O–H groups in total. The lowest BCUT2D eigenvalue weighted by Gasteiger charge is -2.34. The topological polar surface area (TPSA) is 69.3 Å². The summed E-state index contributed by atoms with van der Waals surface area (Å²) in [5, 5.41) is 5.23. The summed E-state index contributed by atoms with van der Waals surface area (Å²) in [4.78, 5) is 17.7. The molecule has 41 heavy (non-hydrogen) atoms. The van der Waals surface area contributed by atoms with E-state index < -0.39 is 5.82 Å². The van der Waals surface area contributed by atoms with Gasteiger partial charge in [0.1, 0.15) is 23.8 Å². The summed E-state index contributed by atoms with van der Waals surface area (Å²) in [5.41, 5.74) is 2.98. The molecule has 0 radical (unpaired) electrons. The Morgan fingerprint density at radius 3 is 2.56 bits per heavy atom. The fourth-order valence-corrected chi connectivity index (χ4v) is 8.08. The first-order valence-electron chi connectivity index (χ1n) is 15.2. The van der Waals surface area contributed by atoms with E-state index >= 15 is 4.39 Å². The van der Waals surface area contributed by atoms with Crippen molar-refractivity contribution in [3.05, 3.63) is 47.7 Å². The predicted molar refractivity (Wildman–Crippen MR) is 157 cm³/mol. The molecular weight excluding hydrogens is 522 g/mol. The fraction of sp³-hybridized carbons (Fsp3) is 0.500. The highest BCUT2D eigenvalue weighted by molar-refractivity contribution is 6.01. The monoisotopic (exact) mass is 558 g/mol. The molecule has 7 nitrogen and oxygen atoms in total. The number of benzene rings is 2. The molecule has 2 bridgehead atoms. The van der Waals surface area contributed by atoms with Crippen molar-refractivity contribution in [2.75, 3.05) is 37.7 Å². The van der Waals surface area contributed by atoms with Crippen LogP contribution >= 0.6 is 0 Å². The van der Waals surface area contributed by atoms with Gasteiger partial charge in [-0.1, -0.05) is 13.0 Å². The number of H-pyrrole nitrogens is 1. The number of rotatable bonds is 6. The number of aryl methyl sites for hydroxylation is 1. The number of anilines is 1. The first-order valence-corrected chi connectivity index (χ1v) is 15.2. The molecule has 0 aliphatic carbocycles. The van der Waals surface area contributed by atoms with Crippen molar-refractivity contribution < 1.29 is 13.5 Å². The molecule has 9 heteroatoms. The van der Waals surface area contributed by atoms with E-state index in [9.17, 15) is 4.39 Å². The molecule has 0 saturated carbocycles. The molecule has 0 amide bonds. The van der Waals surface area contributed by atoms with Gasteiger partial charge in [0.15, 0.2) is 5.82 Å². The van der Waals surface area contributed by atoms with Crippen LogP contribution in [-0.4, -0.2) is 70.3 Å². The zero-order chi connectivity index (χ0) is 27.7. The third-order valence-corrected chi connectivity index (χ3v) is 10.1. The van der Waals surface area contributed by atoms with Gasteiger partial charge in [-0.05, 0) is 81.8 Å². The number of halogens is 2. The Kier molecular flexibility index (Phi) is 5.97. The van der Waals surface area contributed by atoms with E-state index in [4.69, 9.17) is 14.7 Å². The van der Waals surface area contributed by atoms with Crippen LogP contribution in [0.3, 0.4) is 0 Å². The van der Waals surface area contributed by atoms with Gasteiger partial charge < -0.3 is 19.9 Å². The summed E-state index contributed by atoms with van der Waals surface area (Å²) in [5.74, 6) is 0.0488. The van der Waals surface area contributed by atoms with Crippen LogP contribution in [0.1, 0.15) is 51.0 Å². The van der Waals surface area contributed by atoms with Crippen molar-refractivity contribution in [1.82, 2.24) is 25.2 Å². The molecule has 0 spiro atoms. The van der Waals surface area contributed by atoms with Crippen LogP contribution in [0.15, 0.2) is 30.5 Å². The third-order valence-electron chi connectivity index (χ3n) is 10.1. The fourth-order valence-electron chi connectivity index (χ4n) is 8.08. The van der Waals surface area contributed by atoms with E-state index in [1.54, 1.807) is 6.20 Å². The van der Waals surface area contributed by atoms with Crippen LogP contribution < -0.4 is 15.0 Å². The lowest BCUT2D eigenvalue weighted by atomic mass is 9.95. The van der Waals surface area contributed by atoms with E-state index in [0.717, 1.165) is 68.6 Å². The Bertz CT molecular complexity index is 1630. The predicted octanol–water partition coefficient (Wildman–Crippen LogP) is 5.57. The highest BCUT2D eigenvalue weighted by Crippen LogP contribution is 2.41. The Morgan fingerprint density at radius 2 is 1.80 bits per heavy atom. The van der Waals surface area contributed by atoms with E-state index in [1.807, 2.05) is 19.1 Å². The number of piperazine rings is 1. The van der Waals surface area contributed by atoms with Gasteiger partial charge >= 0.3 is 6.01 Å². The Morgan fingerprint density at radius 1 is 1.02 bits per heavy atom. The Hall–Kier alpha value is -3.30. The molecule has 8 rings (SSSR count). The number of ether oxygens (including phenoxy) is 1. The van der Waals surface area contributed by atoms with Gasteiger partial charge in [0.2, 0.25) is 0 Å². The number of aromatic amines is 1. The maximum atomic E-state index is 16.7. The number of nitrogens with zero attached hydrogens (tertiary/aromatic N) is 4. The summed E-state index contributed by atoms with van der Waals surface area (Å²) in [6, 6.07) is 7.85. The molecule has 4 aliphatic heterocycles. The molecule has 4 fully saturated rings. The maximum absolute atomic E-state index is 16.7. The van der Waals surface area contributed by atoms with Crippen LogP contribution in [-0.2, 0) is 6.42 Å². The summed E-state index contributed by atoms with van der Waals surface area (Å²) < 4.78 is 37.3. The zero-order valence-corrected chi connectivity index (χ0v) is 23.5. The van der Waals surface area contributed by atoms with Crippen LogP contribution in [0, 0.1) is 11.6 Å². The maximum Gasteiger partial charge on any atom is 0.319 e. The van der Waals surface area contributed by atoms with Crippen LogP contribution in [0.4, 0.5) is 14.6 Å². The smallest absolute Gasteiger partial charge is 0.319 e. The lowest BCUT2D eigenvalue weighted by molar-refractivity contribution is 0.108. The molecule has 2 aromatic carbocycles. The normalized spacial score (nSPS) is 23.6. The van der Waals surface area contributed by atoms with Gasteiger partial charge in [-0.2, -0.15) is 9.97 Å². The minimum Gasteiger partial charge on any atom is -0.461 e. The minimum absolute atomic E-state index is 0.0445. The van der Waals surface area contributed by atoms with Crippen LogP contribution in [0.5, 0.6) is 6.01 Å². The van der Waals surface area contributed by atoms with Gasteiger partial charge in [0, 0.05) is 58.8 Å². The zero-order valence-electron chi connectivity index (χ0n) is 23.5. The minimum atomic E-state index is -0.400. The Balaban J connectivity index is 1.25. The molecule has 214 valence electrons. The van der Waals surface area contributed by atoms with Gasteiger partial charge in [0.05, 0.1) is 5.54 Å². The highest BCUT2D eigenvalue weighted by atomic mass is 19.1. The second-order valence-electron chi connectivity index (χ2n) is 12.4. The van der Waals surface area contributed by atoms with Gasteiger partial charge in [-0.3, -0.25) is 4.90 Å². The first kappa shape index (κ1) is 25.4. The quantitative estimate of drug-likeness (QED) is 0.323. The number of nitrogens with one attached hydrogen (secondary N) is 2. The van der Waals surface area contributed by atoms with E-state index in [2.05, 4.69) is 20.1 Å².